The largest absolute Gasteiger partial charge is 0.496 e. The van der Waals surface area contributed by atoms with Crippen LogP contribution in [-0.4, -0.2) is 31.3 Å². The first-order valence-electron chi connectivity index (χ1n) is 6.41. The molecular formula is C14H20ClNO3. The maximum Gasteiger partial charge on any atom is 0.255 e. The molecule has 0 saturated carbocycles. The third-order valence-corrected chi connectivity index (χ3v) is 3.01. The Bertz CT molecular complexity index is 410. The molecule has 0 aliphatic rings. The number of aliphatic hydroxyl groups excluding tert-OH is 1. The second-order valence-corrected chi connectivity index (χ2v) is 4.67. The van der Waals surface area contributed by atoms with E-state index in [1.54, 1.807) is 18.2 Å². The predicted octanol–water partition coefficient (Wildman–Crippen LogP) is 2.63. The van der Waals surface area contributed by atoms with Crippen LogP contribution < -0.4 is 10.1 Å². The van der Waals surface area contributed by atoms with Crippen molar-refractivity contribution in [3.8, 4) is 5.75 Å². The highest BCUT2D eigenvalue weighted by Crippen LogP contribution is 2.22. The molecule has 0 aliphatic heterocycles. The highest BCUT2D eigenvalue weighted by Gasteiger charge is 2.12. The summed E-state index contributed by atoms with van der Waals surface area (Å²) in [5.74, 6) is 0.337. The van der Waals surface area contributed by atoms with E-state index in [2.05, 4.69) is 5.32 Å². The Balaban J connectivity index is 2.43. The van der Waals surface area contributed by atoms with E-state index in [-0.39, 0.29) is 12.5 Å². The molecule has 0 saturated heterocycles. The number of aliphatic hydroxyl groups is 1. The Morgan fingerprint density at radius 2 is 2.05 bits per heavy atom. The number of hydrogen-bond donors (Lipinski definition) is 2. The zero-order valence-electron chi connectivity index (χ0n) is 11.1. The van der Waals surface area contributed by atoms with Crippen LogP contribution >= 0.6 is 11.6 Å². The number of carbonyl (C=O) groups excluding carboxylic acids is 1. The second-order valence-electron chi connectivity index (χ2n) is 4.24. The zero-order valence-corrected chi connectivity index (χ0v) is 11.9. The quantitative estimate of drug-likeness (QED) is 0.722. The van der Waals surface area contributed by atoms with Gasteiger partial charge in [-0.1, -0.05) is 24.4 Å². The predicted molar refractivity (Wildman–Crippen MR) is 75.9 cm³/mol. The van der Waals surface area contributed by atoms with Gasteiger partial charge in [-0.2, -0.15) is 0 Å². The Labute approximate surface area is 118 Å². The van der Waals surface area contributed by atoms with Gasteiger partial charge in [0.25, 0.3) is 5.91 Å². The maximum absolute atomic E-state index is 12.0. The molecule has 0 bridgehead atoms. The molecule has 1 rings (SSSR count). The SMILES string of the molecule is COc1ccc(Cl)cc1C(=O)NCCCCCCO. The molecule has 0 unspecified atom stereocenters. The number of nitrogens with one attached hydrogen (secondary N) is 1. The van der Waals surface area contributed by atoms with Gasteiger partial charge in [0, 0.05) is 18.2 Å². The minimum absolute atomic E-state index is 0.179. The Hall–Kier alpha value is -1.26. The summed E-state index contributed by atoms with van der Waals surface area (Å²) in [4.78, 5) is 12.0. The van der Waals surface area contributed by atoms with E-state index in [9.17, 15) is 4.79 Å². The molecule has 0 spiro atoms. The van der Waals surface area contributed by atoms with E-state index in [0.717, 1.165) is 25.7 Å². The third kappa shape index (κ3) is 5.49. The van der Waals surface area contributed by atoms with Gasteiger partial charge >= 0.3 is 0 Å². The highest BCUT2D eigenvalue weighted by molar-refractivity contribution is 6.31. The van der Waals surface area contributed by atoms with Crippen molar-refractivity contribution in [2.24, 2.45) is 0 Å². The first-order chi connectivity index (χ1) is 9.19. The van der Waals surface area contributed by atoms with Gasteiger partial charge in [-0.25, -0.2) is 0 Å². The van der Waals surface area contributed by atoms with Gasteiger partial charge in [-0.05, 0) is 31.0 Å². The fourth-order valence-electron chi connectivity index (χ4n) is 1.75. The lowest BCUT2D eigenvalue weighted by Gasteiger charge is -2.09. The van der Waals surface area contributed by atoms with Crippen LogP contribution in [0.2, 0.25) is 5.02 Å². The van der Waals surface area contributed by atoms with Crippen molar-refractivity contribution in [2.45, 2.75) is 25.7 Å². The summed E-state index contributed by atoms with van der Waals surface area (Å²) in [5, 5.41) is 12.0. The number of carbonyl (C=O) groups is 1. The van der Waals surface area contributed by atoms with E-state index in [1.165, 1.54) is 7.11 Å². The van der Waals surface area contributed by atoms with Crippen LogP contribution in [0.4, 0.5) is 0 Å². The average molecular weight is 286 g/mol. The molecular weight excluding hydrogens is 266 g/mol. The van der Waals surface area contributed by atoms with Gasteiger partial charge in [0.2, 0.25) is 0 Å². The van der Waals surface area contributed by atoms with Gasteiger partial charge in [0.15, 0.2) is 0 Å². The number of ether oxygens (including phenoxy) is 1. The number of methoxy groups -OCH3 is 1. The van der Waals surface area contributed by atoms with E-state index >= 15 is 0 Å². The standard InChI is InChI=1S/C14H20ClNO3/c1-19-13-7-6-11(15)10-12(13)14(18)16-8-4-2-3-5-9-17/h6-7,10,17H,2-5,8-9H2,1H3,(H,16,18). The number of hydrogen-bond acceptors (Lipinski definition) is 3. The molecule has 5 heteroatoms. The lowest BCUT2D eigenvalue weighted by atomic mass is 10.1. The fraction of sp³-hybridized carbons (Fsp3) is 0.500. The minimum Gasteiger partial charge on any atom is -0.496 e. The first kappa shape index (κ1) is 15.8. The lowest BCUT2D eigenvalue weighted by Crippen LogP contribution is -2.24. The molecule has 0 fully saturated rings. The van der Waals surface area contributed by atoms with Crippen molar-refractivity contribution >= 4 is 17.5 Å². The summed E-state index contributed by atoms with van der Waals surface area (Å²) in [7, 11) is 1.52. The molecule has 0 aliphatic carbocycles. The molecule has 1 aromatic rings. The molecule has 1 aromatic carbocycles. The third-order valence-electron chi connectivity index (χ3n) is 2.78. The Morgan fingerprint density at radius 1 is 1.32 bits per heavy atom. The number of rotatable bonds is 8. The molecule has 19 heavy (non-hydrogen) atoms. The van der Waals surface area contributed by atoms with Crippen molar-refractivity contribution in [2.75, 3.05) is 20.3 Å². The van der Waals surface area contributed by atoms with Crippen molar-refractivity contribution in [1.82, 2.24) is 5.32 Å². The summed E-state index contributed by atoms with van der Waals surface area (Å²) in [6.45, 7) is 0.839. The van der Waals surface area contributed by atoms with Crippen molar-refractivity contribution in [3.63, 3.8) is 0 Å². The van der Waals surface area contributed by atoms with Crippen LogP contribution in [0.1, 0.15) is 36.0 Å². The number of benzene rings is 1. The van der Waals surface area contributed by atoms with Gasteiger partial charge in [-0.3, -0.25) is 4.79 Å². The van der Waals surface area contributed by atoms with Crippen molar-refractivity contribution in [1.29, 1.82) is 0 Å². The van der Waals surface area contributed by atoms with Crippen molar-refractivity contribution in [3.05, 3.63) is 28.8 Å². The monoisotopic (exact) mass is 285 g/mol. The number of halogens is 1. The summed E-state index contributed by atoms with van der Waals surface area (Å²) < 4.78 is 5.13. The molecule has 0 heterocycles. The van der Waals surface area contributed by atoms with E-state index in [4.69, 9.17) is 21.4 Å². The summed E-state index contributed by atoms with van der Waals surface area (Å²) in [5.41, 5.74) is 0.449. The summed E-state index contributed by atoms with van der Waals surface area (Å²) in [6, 6.07) is 4.96. The molecule has 0 radical (unpaired) electrons. The van der Waals surface area contributed by atoms with E-state index in [0.29, 0.717) is 22.9 Å². The molecule has 0 atom stereocenters. The topological polar surface area (TPSA) is 58.6 Å². The van der Waals surface area contributed by atoms with Crippen LogP contribution in [0.25, 0.3) is 0 Å². The zero-order chi connectivity index (χ0) is 14.1. The van der Waals surface area contributed by atoms with Gasteiger partial charge in [0.05, 0.1) is 12.7 Å². The minimum atomic E-state index is -0.179. The van der Waals surface area contributed by atoms with Crippen molar-refractivity contribution < 1.29 is 14.6 Å². The molecule has 4 nitrogen and oxygen atoms in total. The summed E-state index contributed by atoms with van der Waals surface area (Å²) in [6.07, 6.45) is 3.69. The number of unbranched alkanes of at least 4 members (excludes halogenated alkanes) is 3. The number of amides is 1. The second kappa shape index (κ2) is 8.77. The molecule has 1 amide bonds. The molecule has 0 aromatic heterocycles. The van der Waals surface area contributed by atoms with E-state index < -0.39 is 0 Å². The van der Waals surface area contributed by atoms with Gasteiger partial charge < -0.3 is 15.2 Å². The fourth-order valence-corrected chi connectivity index (χ4v) is 1.92. The lowest BCUT2D eigenvalue weighted by molar-refractivity contribution is 0.0950. The Morgan fingerprint density at radius 3 is 2.74 bits per heavy atom. The van der Waals surface area contributed by atoms with Gasteiger partial charge in [0.1, 0.15) is 5.75 Å². The molecule has 2 N–H and O–H groups in total. The average Bonchev–Trinajstić information content (AvgIpc) is 2.42. The van der Waals surface area contributed by atoms with Crippen LogP contribution in [0.15, 0.2) is 18.2 Å². The van der Waals surface area contributed by atoms with Crippen LogP contribution in [0, 0.1) is 0 Å². The normalized spacial score (nSPS) is 10.3. The maximum atomic E-state index is 12.0. The van der Waals surface area contributed by atoms with Gasteiger partial charge in [-0.15, -0.1) is 0 Å². The molecule has 106 valence electrons. The first-order valence-corrected chi connectivity index (χ1v) is 6.79. The van der Waals surface area contributed by atoms with E-state index in [1.807, 2.05) is 0 Å². The van der Waals surface area contributed by atoms with Crippen LogP contribution in [0.3, 0.4) is 0 Å². The summed E-state index contributed by atoms with van der Waals surface area (Å²) >= 11 is 5.88. The smallest absolute Gasteiger partial charge is 0.255 e. The highest BCUT2D eigenvalue weighted by atomic mass is 35.5. The van der Waals surface area contributed by atoms with Crippen LogP contribution in [-0.2, 0) is 0 Å². The van der Waals surface area contributed by atoms with Crippen LogP contribution in [0.5, 0.6) is 5.75 Å². The Kier molecular flexibility index (Phi) is 7.30.